The van der Waals surface area contributed by atoms with Gasteiger partial charge in [-0.1, -0.05) is 35.8 Å². The summed E-state index contributed by atoms with van der Waals surface area (Å²) in [7, 11) is 0. The van der Waals surface area contributed by atoms with Gasteiger partial charge in [0, 0.05) is 12.1 Å². The molecule has 2 amide bonds. The summed E-state index contributed by atoms with van der Waals surface area (Å²) in [5, 5.41) is 6.70. The van der Waals surface area contributed by atoms with Crippen molar-refractivity contribution in [3.63, 3.8) is 0 Å². The normalized spacial score (nSPS) is 11.8. The summed E-state index contributed by atoms with van der Waals surface area (Å²) in [6.07, 6.45) is 0.715. The van der Waals surface area contributed by atoms with Gasteiger partial charge in [0.05, 0.1) is 10.6 Å². The summed E-state index contributed by atoms with van der Waals surface area (Å²) in [4.78, 5) is 26.5. The molecule has 0 aliphatic heterocycles. The second kappa shape index (κ2) is 7.97. The van der Waals surface area contributed by atoms with Crippen LogP contribution in [0, 0.1) is 6.92 Å². The van der Waals surface area contributed by atoms with E-state index in [1.165, 1.54) is 4.90 Å². The first-order valence-electron chi connectivity index (χ1n) is 7.71. The highest BCUT2D eigenvalue weighted by atomic mass is 35.5. The van der Waals surface area contributed by atoms with E-state index in [0.717, 1.165) is 0 Å². The van der Waals surface area contributed by atoms with Gasteiger partial charge in [0.15, 0.2) is 5.82 Å². The number of nitrogens with zero attached hydrogens (tertiary/aromatic N) is 2. The standard InChI is InChI=1S/C17H20ClN3O3/c1-4-11(2)21(17(23)13-7-5-6-8-14(13)18)10-16(22)19-15-9-12(3)24-20-15/h5-9,11H,4,10H2,1-3H3,(H,19,20,22)/t11-/m1/s1. The largest absolute Gasteiger partial charge is 0.360 e. The fraction of sp³-hybridized carbons (Fsp3) is 0.353. The third-order valence-corrected chi connectivity index (χ3v) is 4.03. The highest BCUT2D eigenvalue weighted by Gasteiger charge is 2.24. The van der Waals surface area contributed by atoms with Gasteiger partial charge in [-0.15, -0.1) is 0 Å². The highest BCUT2D eigenvalue weighted by Crippen LogP contribution is 2.19. The minimum atomic E-state index is -0.344. The van der Waals surface area contributed by atoms with Gasteiger partial charge in [-0.25, -0.2) is 0 Å². The van der Waals surface area contributed by atoms with E-state index >= 15 is 0 Å². The molecule has 24 heavy (non-hydrogen) atoms. The number of benzene rings is 1. The molecule has 0 radical (unpaired) electrons. The summed E-state index contributed by atoms with van der Waals surface area (Å²) in [6.45, 7) is 5.48. The number of amides is 2. The molecule has 0 unspecified atom stereocenters. The van der Waals surface area contributed by atoms with Crippen molar-refractivity contribution in [2.24, 2.45) is 0 Å². The van der Waals surface area contributed by atoms with Gasteiger partial charge in [-0.05, 0) is 32.4 Å². The van der Waals surface area contributed by atoms with E-state index in [-0.39, 0.29) is 24.4 Å². The van der Waals surface area contributed by atoms with Crippen molar-refractivity contribution in [2.75, 3.05) is 11.9 Å². The zero-order valence-corrected chi connectivity index (χ0v) is 14.6. The second-order valence-corrected chi connectivity index (χ2v) is 5.95. The number of carbonyl (C=O) groups excluding carboxylic acids is 2. The maximum absolute atomic E-state index is 12.8. The number of anilines is 1. The Hall–Kier alpha value is -2.34. The Morgan fingerprint density at radius 1 is 1.38 bits per heavy atom. The van der Waals surface area contributed by atoms with Crippen molar-refractivity contribution in [3.05, 3.63) is 46.7 Å². The quantitative estimate of drug-likeness (QED) is 0.865. The number of hydrogen-bond donors (Lipinski definition) is 1. The molecule has 0 spiro atoms. The Morgan fingerprint density at radius 3 is 2.67 bits per heavy atom. The van der Waals surface area contributed by atoms with Crippen LogP contribution in [-0.4, -0.2) is 34.5 Å². The smallest absolute Gasteiger partial charge is 0.256 e. The SMILES string of the molecule is CC[C@@H](C)N(CC(=O)Nc1cc(C)on1)C(=O)c1ccccc1Cl. The molecule has 2 aromatic rings. The predicted molar refractivity (Wildman–Crippen MR) is 92.1 cm³/mol. The fourth-order valence-electron chi connectivity index (χ4n) is 2.20. The van der Waals surface area contributed by atoms with Gasteiger partial charge in [0.2, 0.25) is 5.91 Å². The van der Waals surface area contributed by atoms with E-state index in [9.17, 15) is 9.59 Å². The van der Waals surface area contributed by atoms with Gasteiger partial charge < -0.3 is 14.7 Å². The van der Waals surface area contributed by atoms with Crippen molar-refractivity contribution >= 4 is 29.2 Å². The zero-order valence-electron chi connectivity index (χ0n) is 13.9. The van der Waals surface area contributed by atoms with E-state index in [0.29, 0.717) is 28.6 Å². The van der Waals surface area contributed by atoms with Crippen LogP contribution in [0.1, 0.15) is 36.4 Å². The lowest BCUT2D eigenvalue weighted by atomic mass is 10.1. The molecular weight excluding hydrogens is 330 g/mol. The minimum Gasteiger partial charge on any atom is -0.360 e. The first-order valence-corrected chi connectivity index (χ1v) is 8.08. The summed E-state index contributed by atoms with van der Waals surface area (Å²) in [5.74, 6) is 0.299. The number of rotatable bonds is 6. The van der Waals surface area contributed by atoms with Crippen LogP contribution in [-0.2, 0) is 4.79 Å². The molecule has 0 aliphatic carbocycles. The van der Waals surface area contributed by atoms with Gasteiger partial charge in [0.1, 0.15) is 12.3 Å². The maximum atomic E-state index is 12.8. The van der Waals surface area contributed by atoms with Gasteiger partial charge in [0.25, 0.3) is 5.91 Å². The number of aryl methyl sites for hydroxylation is 1. The number of hydrogen-bond acceptors (Lipinski definition) is 4. The summed E-state index contributed by atoms with van der Waals surface area (Å²) in [5.41, 5.74) is 0.379. The third kappa shape index (κ3) is 4.35. The molecule has 0 bridgehead atoms. The maximum Gasteiger partial charge on any atom is 0.256 e. The molecule has 128 valence electrons. The van der Waals surface area contributed by atoms with Crippen LogP contribution >= 0.6 is 11.6 Å². The molecule has 6 nitrogen and oxygen atoms in total. The van der Waals surface area contributed by atoms with Crippen molar-refractivity contribution in [2.45, 2.75) is 33.2 Å². The van der Waals surface area contributed by atoms with Crippen LogP contribution in [0.3, 0.4) is 0 Å². The Labute approximate surface area is 145 Å². The predicted octanol–water partition coefficient (Wildman–Crippen LogP) is 3.52. The van der Waals surface area contributed by atoms with Gasteiger partial charge >= 0.3 is 0 Å². The summed E-state index contributed by atoms with van der Waals surface area (Å²) >= 11 is 6.11. The lowest BCUT2D eigenvalue weighted by Crippen LogP contribution is -2.43. The van der Waals surface area contributed by atoms with Crippen molar-refractivity contribution in [1.29, 1.82) is 0 Å². The number of halogens is 1. The lowest BCUT2D eigenvalue weighted by Gasteiger charge is -2.28. The molecule has 2 rings (SSSR count). The van der Waals surface area contributed by atoms with Crippen LogP contribution in [0.15, 0.2) is 34.9 Å². The fourth-order valence-corrected chi connectivity index (χ4v) is 2.42. The molecule has 0 saturated heterocycles. The Kier molecular flexibility index (Phi) is 5.98. The van der Waals surface area contributed by atoms with Crippen molar-refractivity contribution < 1.29 is 14.1 Å². The molecule has 7 heteroatoms. The van der Waals surface area contributed by atoms with E-state index in [2.05, 4.69) is 10.5 Å². The molecular formula is C17H20ClN3O3. The van der Waals surface area contributed by atoms with Crippen LogP contribution in [0.25, 0.3) is 0 Å². The van der Waals surface area contributed by atoms with Gasteiger partial charge in [-0.3, -0.25) is 9.59 Å². The molecule has 1 aromatic carbocycles. The monoisotopic (exact) mass is 349 g/mol. The van der Waals surface area contributed by atoms with E-state index in [4.69, 9.17) is 16.1 Å². The first-order chi connectivity index (χ1) is 11.4. The molecule has 0 saturated carbocycles. The molecule has 0 aliphatic rings. The highest BCUT2D eigenvalue weighted by molar-refractivity contribution is 6.33. The average Bonchev–Trinajstić information content (AvgIpc) is 2.96. The van der Waals surface area contributed by atoms with Gasteiger partial charge in [-0.2, -0.15) is 0 Å². The van der Waals surface area contributed by atoms with Crippen molar-refractivity contribution in [1.82, 2.24) is 10.1 Å². The Balaban J connectivity index is 2.15. The molecule has 1 atom stereocenters. The molecule has 0 fully saturated rings. The summed E-state index contributed by atoms with van der Waals surface area (Å²) < 4.78 is 4.91. The van der Waals surface area contributed by atoms with Crippen LogP contribution in [0.5, 0.6) is 0 Å². The molecule has 1 heterocycles. The van der Waals surface area contributed by atoms with E-state index < -0.39 is 0 Å². The van der Waals surface area contributed by atoms with Crippen molar-refractivity contribution in [3.8, 4) is 0 Å². The Morgan fingerprint density at radius 2 is 2.08 bits per heavy atom. The number of nitrogens with one attached hydrogen (secondary N) is 1. The number of carbonyl (C=O) groups is 2. The van der Waals surface area contributed by atoms with Crippen LogP contribution in [0.2, 0.25) is 5.02 Å². The number of aromatic nitrogens is 1. The summed E-state index contributed by atoms with van der Waals surface area (Å²) in [6, 6.07) is 8.30. The minimum absolute atomic E-state index is 0.0923. The van der Waals surface area contributed by atoms with Crippen LogP contribution < -0.4 is 5.32 Å². The van der Waals surface area contributed by atoms with E-state index in [1.807, 2.05) is 13.8 Å². The van der Waals surface area contributed by atoms with E-state index in [1.54, 1.807) is 37.3 Å². The van der Waals surface area contributed by atoms with Crippen LogP contribution in [0.4, 0.5) is 5.82 Å². The lowest BCUT2D eigenvalue weighted by molar-refractivity contribution is -0.117. The molecule has 1 N–H and O–H groups in total. The average molecular weight is 350 g/mol. The topological polar surface area (TPSA) is 75.4 Å². The first kappa shape index (κ1) is 18.0. The molecule has 1 aromatic heterocycles. The second-order valence-electron chi connectivity index (χ2n) is 5.54. The third-order valence-electron chi connectivity index (χ3n) is 3.70. The Bertz CT molecular complexity index is 729. The zero-order chi connectivity index (χ0) is 17.7.